The van der Waals surface area contributed by atoms with Gasteiger partial charge in [0.1, 0.15) is 0 Å². The highest BCUT2D eigenvalue weighted by Crippen LogP contribution is 2.29. The number of rotatable bonds is 3. The molecule has 0 aliphatic carbocycles. The van der Waals surface area contributed by atoms with Crippen molar-refractivity contribution in [1.82, 2.24) is 0 Å². The summed E-state index contributed by atoms with van der Waals surface area (Å²) in [6.07, 6.45) is 2.25. The van der Waals surface area contributed by atoms with Crippen molar-refractivity contribution in [3.8, 4) is 0 Å². The Morgan fingerprint density at radius 2 is 2.19 bits per heavy atom. The number of anilines is 1. The summed E-state index contributed by atoms with van der Waals surface area (Å²) in [5.41, 5.74) is 8.93. The zero-order valence-electron chi connectivity index (χ0n) is 10.3. The van der Waals surface area contributed by atoms with Gasteiger partial charge in [-0.3, -0.25) is 0 Å². The van der Waals surface area contributed by atoms with Gasteiger partial charge in [-0.05, 0) is 30.4 Å². The first-order valence-corrected chi connectivity index (χ1v) is 6.29. The van der Waals surface area contributed by atoms with Crippen molar-refractivity contribution < 1.29 is 0 Å². The molecule has 1 aromatic rings. The van der Waals surface area contributed by atoms with Gasteiger partial charge in [-0.2, -0.15) is 0 Å². The zero-order valence-corrected chi connectivity index (χ0v) is 10.3. The summed E-state index contributed by atoms with van der Waals surface area (Å²) in [4.78, 5) is 2.46. The lowest BCUT2D eigenvalue weighted by molar-refractivity contribution is 0.507. The van der Waals surface area contributed by atoms with E-state index in [1.807, 2.05) is 0 Å². The van der Waals surface area contributed by atoms with Crippen LogP contribution in [0.3, 0.4) is 0 Å². The molecular formula is C14H22N2. The van der Waals surface area contributed by atoms with E-state index in [2.05, 4.69) is 43.0 Å². The van der Waals surface area contributed by atoms with Crippen molar-refractivity contribution in [2.24, 2.45) is 11.7 Å². The smallest absolute Gasteiger partial charge is 0.0399 e. The number of fused-ring (bicyclic) bond motifs is 1. The van der Waals surface area contributed by atoms with Crippen LogP contribution in [0.4, 0.5) is 5.69 Å². The fourth-order valence-corrected chi connectivity index (χ4v) is 2.49. The molecule has 0 radical (unpaired) electrons. The summed E-state index contributed by atoms with van der Waals surface area (Å²) in [6, 6.07) is 9.02. The van der Waals surface area contributed by atoms with Crippen LogP contribution in [0.1, 0.15) is 25.8 Å². The number of hydrogen-bond acceptors (Lipinski definition) is 2. The Kier molecular flexibility index (Phi) is 3.49. The molecular weight excluding hydrogens is 196 g/mol. The molecule has 88 valence electrons. The number of hydrogen-bond donors (Lipinski definition) is 1. The van der Waals surface area contributed by atoms with Crippen LogP contribution in [0, 0.1) is 5.92 Å². The average molecular weight is 218 g/mol. The molecule has 1 aromatic carbocycles. The zero-order chi connectivity index (χ0) is 11.5. The van der Waals surface area contributed by atoms with Crippen LogP contribution in [0.2, 0.25) is 0 Å². The molecule has 0 fully saturated rings. The fourth-order valence-electron chi connectivity index (χ4n) is 2.49. The summed E-state index contributed by atoms with van der Waals surface area (Å²) < 4.78 is 0. The Morgan fingerprint density at radius 3 is 2.94 bits per heavy atom. The van der Waals surface area contributed by atoms with E-state index >= 15 is 0 Å². The molecule has 2 atom stereocenters. The second-order valence-electron chi connectivity index (χ2n) is 5.01. The Morgan fingerprint density at radius 1 is 1.44 bits per heavy atom. The Labute approximate surface area is 98.4 Å². The van der Waals surface area contributed by atoms with Crippen LogP contribution in [-0.2, 0) is 6.42 Å². The molecule has 1 aliphatic heterocycles. The van der Waals surface area contributed by atoms with Gasteiger partial charge in [-0.15, -0.1) is 0 Å². The van der Waals surface area contributed by atoms with Crippen molar-refractivity contribution in [1.29, 1.82) is 0 Å². The lowest BCUT2D eigenvalue weighted by Crippen LogP contribution is -2.42. The van der Waals surface area contributed by atoms with E-state index in [9.17, 15) is 0 Å². The molecule has 2 unspecified atom stereocenters. The highest BCUT2D eigenvalue weighted by Gasteiger charge is 2.21. The average Bonchev–Trinajstić information content (AvgIpc) is 2.28. The Bertz CT molecular complexity index is 348. The van der Waals surface area contributed by atoms with Crippen LogP contribution >= 0.6 is 0 Å². The van der Waals surface area contributed by atoms with Gasteiger partial charge in [0.25, 0.3) is 0 Å². The predicted molar refractivity (Wildman–Crippen MR) is 69.8 cm³/mol. The van der Waals surface area contributed by atoms with Crippen molar-refractivity contribution in [3.05, 3.63) is 29.8 Å². The van der Waals surface area contributed by atoms with Gasteiger partial charge in [0.15, 0.2) is 0 Å². The van der Waals surface area contributed by atoms with E-state index in [0.29, 0.717) is 6.04 Å². The van der Waals surface area contributed by atoms with Gasteiger partial charge < -0.3 is 10.6 Å². The number of para-hydroxylation sites is 1. The van der Waals surface area contributed by atoms with E-state index in [-0.39, 0.29) is 0 Å². The maximum absolute atomic E-state index is 6.06. The monoisotopic (exact) mass is 218 g/mol. The third-order valence-corrected chi connectivity index (χ3v) is 3.41. The summed E-state index contributed by atoms with van der Waals surface area (Å²) in [5.74, 6) is 0.735. The predicted octanol–water partition coefficient (Wildman–Crippen LogP) is 2.42. The quantitative estimate of drug-likeness (QED) is 0.844. The number of nitrogens with two attached hydrogens (primary N) is 1. The molecule has 2 nitrogen and oxygen atoms in total. The van der Waals surface area contributed by atoms with Crippen LogP contribution in [0.5, 0.6) is 0 Å². The van der Waals surface area contributed by atoms with Gasteiger partial charge in [0.2, 0.25) is 0 Å². The lowest BCUT2D eigenvalue weighted by atomic mass is 9.93. The van der Waals surface area contributed by atoms with E-state index in [1.54, 1.807) is 0 Å². The van der Waals surface area contributed by atoms with E-state index in [0.717, 1.165) is 25.4 Å². The summed E-state index contributed by atoms with van der Waals surface area (Å²) in [7, 11) is 0. The third kappa shape index (κ3) is 2.38. The molecule has 0 saturated heterocycles. The summed E-state index contributed by atoms with van der Waals surface area (Å²) in [6.45, 7) is 6.60. The normalized spacial score (nSPS) is 21.7. The minimum absolute atomic E-state index is 0.290. The minimum atomic E-state index is 0.290. The molecule has 0 spiro atoms. The second-order valence-corrected chi connectivity index (χ2v) is 5.01. The molecule has 0 saturated carbocycles. The van der Waals surface area contributed by atoms with Crippen molar-refractivity contribution in [3.63, 3.8) is 0 Å². The first-order chi connectivity index (χ1) is 7.70. The van der Waals surface area contributed by atoms with Crippen LogP contribution in [0.15, 0.2) is 24.3 Å². The first-order valence-electron chi connectivity index (χ1n) is 6.29. The molecule has 16 heavy (non-hydrogen) atoms. The summed E-state index contributed by atoms with van der Waals surface area (Å²) >= 11 is 0. The van der Waals surface area contributed by atoms with Gasteiger partial charge >= 0.3 is 0 Å². The maximum Gasteiger partial charge on any atom is 0.0399 e. The number of nitrogens with zero attached hydrogens (tertiary/aromatic N) is 1. The second kappa shape index (κ2) is 4.88. The molecule has 2 N–H and O–H groups in total. The maximum atomic E-state index is 6.06. The number of benzene rings is 1. The fraction of sp³-hybridized carbons (Fsp3) is 0.571. The van der Waals surface area contributed by atoms with Crippen LogP contribution in [-0.4, -0.2) is 19.1 Å². The van der Waals surface area contributed by atoms with E-state index in [4.69, 9.17) is 5.73 Å². The molecule has 1 aliphatic rings. The van der Waals surface area contributed by atoms with E-state index in [1.165, 1.54) is 17.7 Å². The Balaban J connectivity index is 2.20. The van der Waals surface area contributed by atoms with Crippen LogP contribution < -0.4 is 10.6 Å². The molecule has 0 amide bonds. The van der Waals surface area contributed by atoms with Crippen LogP contribution in [0.25, 0.3) is 0 Å². The first kappa shape index (κ1) is 11.5. The highest BCUT2D eigenvalue weighted by atomic mass is 15.2. The molecule has 2 rings (SSSR count). The highest BCUT2D eigenvalue weighted by molar-refractivity contribution is 5.55. The van der Waals surface area contributed by atoms with Crippen molar-refractivity contribution in [2.45, 2.75) is 32.7 Å². The standard InChI is InChI=1S/C14H22N2/c1-3-13(15)10-16-9-11(2)8-12-6-4-5-7-14(12)16/h4-7,11,13H,3,8-10,15H2,1-2H3. The van der Waals surface area contributed by atoms with Gasteiger partial charge in [-0.25, -0.2) is 0 Å². The molecule has 0 bridgehead atoms. The largest absolute Gasteiger partial charge is 0.369 e. The van der Waals surface area contributed by atoms with Crippen molar-refractivity contribution in [2.75, 3.05) is 18.0 Å². The summed E-state index contributed by atoms with van der Waals surface area (Å²) in [5, 5.41) is 0. The van der Waals surface area contributed by atoms with Gasteiger partial charge in [0.05, 0.1) is 0 Å². The molecule has 1 heterocycles. The minimum Gasteiger partial charge on any atom is -0.369 e. The molecule has 2 heteroatoms. The third-order valence-electron chi connectivity index (χ3n) is 3.41. The molecule has 0 aromatic heterocycles. The topological polar surface area (TPSA) is 29.3 Å². The SMILES string of the molecule is CCC(N)CN1CC(C)Cc2ccccc21. The van der Waals surface area contributed by atoms with Gasteiger partial charge in [0, 0.05) is 24.8 Å². The van der Waals surface area contributed by atoms with Gasteiger partial charge in [-0.1, -0.05) is 32.0 Å². The van der Waals surface area contributed by atoms with Crippen molar-refractivity contribution >= 4 is 5.69 Å². The Hall–Kier alpha value is -1.02. The lowest BCUT2D eigenvalue weighted by Gasteiger charge is -2.36. The van der Waals surface area contributed by atoms with E-state index < -0.39 is 0 Å².